The normalized spacial score (nSPS) is 10.2. The van der Waals surface area contributed by atoms with Crippen LogP contribution in [0, 0.1) is 15.9 Å². The van der Waals surface area contributed by atoms with E-state index in [1.165, 1.54) is 24.3 Å². The number of halogens is 3. The Morgan fingerprint density at radius 2 is 2.00 bits per heavy atom. The molecular formula is C13H7BrClFN2O3. The summed E-state index contributed by atoms with van der Waals surface area (Å²) in [5.41, 5.74) is -0.277. The molecule has 0 aliphatic heterocycles. The van der Waals surface area contributed by atoms with Gasteiger partial charge in [-0.05, 0) is 40.2 Å². The second-order valence-electron chi connectivity index (χ2n) is 4.00. The standard InChI is InChI=1S/C13H7BrClFN2O3/c14-10-3-2-8(18(20)21)6-9(10)13(19)17-12-4-1-7(15)5-11(12)16/h1-6H,(H,17,19). The molecule has 0 atom stereocenters. The fraction of sp³-hybridized carbons (Fsp3) is 0. The Kier molecular flexibility index (Phi) is 4.54. The van der Waals surface area contributed by atoms with Gasteiger partial charge in [0.2, 0.25) is 0 Å². The predicted molar refractivity (Wildman–Crippen MR) is 80.2 cm³/mol. The molecule has 0 aromatic heterocycles. The molecule has 0 unspecified atom stereocenters. The average Bonchev–Trinajstić information content (AvgIpc) is 2.42. The van der Waals surface area contributed by atoms with Crippen LogP contribution in [0.25, 0.3) is 0 Å². The molecule has 0 aliphatic carbocycles. The zero-order valence-electron chi connectivity index (χ0n) is 10.3. The SMILES string of the molecule is O=C(Nc1ccc(Cl)cc1F)c1cc([N+](=O)[O-])ccc1Br. The largest absolute Gasteiger partial charge is 0.319 e. The van der Waals surface area contributed by atoms with Crippen LogP contribution in [-0.2, 0) is 0 Å². The lowest BCUT2D eigenvalue weighted by molar-refractivity contribution is -0.384. The molecule has 2 aromatic carbocycles. The van der Waals surface area contributed by atoms with Crippen molar-refractivity contribution in [2.24, 2.45) is 0 Å². The minimum Gasteiger partial charge on any atom is -0.319 e. The lowest BCUT2D eigenvalue weighted by atomic mass is 10.2. The van der Waals surface area contributed by atoms with Crippen molar-refractivity contribution in [2.75, 3.05) is 5.32 Å². The van der Waals surface area contributed by atoms with Gasteiger partial charge in [0.1, 0.15) is 5.82 Å². The van der Waals surface area contributed by atoms with E-state index < -0.39 is 16.6 Å². The molecule has 21 heavy (non-hydrogen) atoms. The van der Waals surface area contributed by atoms with Crippen LogP contribution in [0.2, 0.25) is 5.02 Å². The number of amides is 1. The Balaban J connectivity index is 2.32. The van der Waals surface area contributed by atoms with E-state index in [0.717, 1.165) is 12.1 Å². The summed E-state index contributed by atoms with van der Waals surface area (Å²) in [7, 11) is 0. The first-order valence-electron chi connectivity index (χ1n) is 5.59. The molecule has 108 valence electrons. The number of nitrogens with zero attached hydrogens (tertiary/aromatic N) is 1. The van der Waals surface area contributed by atoms with Crippen LogP contribution < -0.4 is 5.32 Å². The van der Waals surface area contributed by atoms with Gasteiger partial charge >= 0.3 is 0 Å². The smallest absolute Gasteiger partial charge is 0.270 e. The number of nitro benzene ring substituents is 1. The summed E-state index contributed by atoms with van der Waals surface area (Å²) in [6.07, 6.45) is 0. The molecule has 0 radical (unpaired) electrons. The summed E-state index contributed by atoms with van der Waals surface area (Å²) in [5, 5.41) is 13.3. The summed E-state index contributed by atoms with van der Waals surface area (Å²) >= 11 is 8.74. The van der Waals surface area contributed by atoms with Crippen LogP contribution in [0.4, 0.5) is 15.8 Å². The van der Waals surface area contributed by atoms with Crippen LogP contribution in [-0.4, -0.2) is 10.8 Å². The molecule has 8 heteroatoms. The van der Waals surface area contributed by atoms with Crippen molar-refractivity contribution in [1.29, 1.82) is 0 Å². The highest BCUT2D eigenvalue weighted by Crippen LogP contribution is 2.25. The van der Waals surface area contributed by atoms with Crippen LogP contribution >= 0.6 is 27.5 Å². The number of benzene rings is 2. The van der Waals surface area contributed by atoms with Crippen LogP contribution in [0.3, 0.4) is 0 Å². The van der Waals surface area contributed by atoms with E-state index in [9.17, 15) is 19.3 Å². The monoisotopic (exact) mass is 372 g/mol. The highest BCUT2D eigenvalue weighted by atomic mass is 79.9. The third-order valence-corrected chi connectivity index (χ3v) is 3.51. The average molecular weight is 374 g/mol. The zero-order valence-corrected chi connectivity index (χ0v) is 12.6. The van der Waals surface area contributed by atoms with E-state index in [2.05, 4.69) is 21.2 Å². The topological polar surface area (TPSA) is 72.2 Å². The molecule has 5 nitrogen and oxygen atoms in total. The second kappa shape index (κ2) is 6.19. The number of nitro groups is 1. The number of carbonyl (C=O) groups excluding carboxylic acids is 1. The number of anilines is 1. The Labute approximate surface area is 132 Å². The summed E-state index contributed by atoms with van der Waals surface area (Å²) in [6, 6.07) is 7.52. The molecule has 0 bridgehead atoms. The predicted octanol–water partition coefficient (Wildman–Crippen LogP) is 4.40. The van der Waals surface area contributed by atoms with Crippen LogP contribution in [0.1, 0.15) is 10.4 Å². The molecule has 1 amide bonds. The van der Waals surface area contributed by atoms with Gasteiger partial charge in [-0.3, -0.25) is 14.9 Å². The minimum atomic E-state index is -0.697. The van der Waals surface area contributed by atoms with Crippen molar-refractivity contribution in [3.8, 4) is 0 Å². The molecule has 0 aliphatic rings. The molecule has 0 saturated heterocycles. The third kappa shape index (κ3) is 3.56. The second-order valence-corrected chi connectivity index (χ2v) is 5.29. The minimum absolute atomic E-state index is 0.0264. The number of hydrogen-bond donors (Lipinski definition) is 1. The first-order valence-corrected chi connectivity index (χ1v) is 6.76. The van der Waals surface area contributed by atoms with Crippen molar-refractivity contribution in [3.05, 3.63) is 67.4 Å². The third-order valence-electron chi connectivity index (χ3n) is 2.58. The van der Waals surface area contributed by atoms with Crippen molar-refractivity contribution >= 4 is 44.8 Å². The maximum Gasteiger partial charge on any atom is 0.270 e. The van der Waals surface area contributed by atoms with E-state index in [0.29, 0.717) is 4.47 Å². The fourth-order valence-electron chi connectivity index (χ4n) is 1.58. The lowest BCUT2D eigenvalue weighted by Gasteiger charge is -2.08. The Bertz CT molecular complexity index is 739. The number of rotatable bonds is 3. The van der Waals surface area contributed by atoms with E-state index in [4.69, 9.17) is 11.6 Å². The van der Waals surface area contributed by atoms with Gasteiger partial charge in [-0.15, -0.1) is 0 Å². The Morgan fingerprint density at radius 1 is 1.29 bits per heavy atom. The fourth-order valence-corrected chi connectivity index (χ4v) is 2.17. The van der Waals surface area contributed by atoms with E-state index >= 15 is 0 Å². The summed E-state index contributed by atoms with van der Waals surface area (Å²) < 4.78 is 14.0. The molecule has 2 rings (SSSR count). The molecular weight excluding hydrogens is 367 g/mol. The quantitative estimate of drug-likeness (QED) is 0.640. The number of non-ortho nitro benzene ring substituents is 1. The van der Waals surface area contributed by atoms with Gasteiger partial charge < -0.3 is 5.32 Å². The van der Waals surface area contributed by atoms with Gasteiger partial charge in [0, 0.05) is 21.6 Å². The maximum absolute atomic E-state index is 13.6. The van der Waals surface area contributed by atoms with Crippen LogP contribution in [0.5, 0.6) is 0 Å². The highest BCUT2D eigenvalue weighted by Gasteiger charge is 2.17. The molecule has 0 heterocycles. The number of hydrogen-bond acceptors (Lipinski definition) is 3. The molecule has 0 saturated carbocycles. The summed E-state index contributed by atoms with van der Waals surface area (Å²) in [4.78, 5) is 22.2. The van der Waals surface area contributed by atoms with Gasteiger partial charge in [0.25, 0.3) is 11.6 Å². The Morgan fingerprint density at radius 3 is 2.62 bits per heavy atom. The molecule has 2 aromatic rings. The van der Waals surface area contributed by atoms with Gasteiger partial charge in [-0.25, -0.2) is 4.39 Å². The lowest BCUT2D eigenvalue weighted by Crippen LogP contribution is -2.14. The van der Waals surface area contributed by atoms with E-state index in [1.807, 2.05) is 0 Å². The van der Waals surface area contributed by atoms with Gasteiger partial charge in [-0.1, -0.05) is 11.6 Å². The molecule has 0 spiro atoms. The van der Waals surface area contributed by atoms with Gasteiger partial charge in [0.05, 0.1) is 16.2 Å². The van der Waals surface area contributed by atoms with Crippen molar-refractivity contribution in [1.82, 2.24) is 0 Å². The first-order chi connectivity index (χ1) is 9.88. The van der Waals surface area contributed by atoms with Crippen LogP contribution in [0.15, 0.2) is 40.9 Å². The number of carbonyl (C=O) groups is 1. The highest BCUT2D eigenvalue weighted by molar-refractivity contribution is 9.10. The summed E-state index contributed by atoms with van der Waals surface area (Å²) in [6.45, 7) is 0. The van der Waals surface area contributed by atoms with Crippen molar-refractivity contribution < 1.29 is 14.1 Å². The molecule has 0 fully saturated rings. The van der Waals surface area contributed by atoms with Gasteiger partial charge in [-0.2, -0.15) is 0 Å². The zero-order chi connectivity index (χ0) is 15.6. The molecule has 1 N–H and O–H groups in total. The van der Waals surface area contributed by atoms with E-state index in [1.54, 1.807) is 0 Å². The first kappa shape index (κ1) is 15.4. The van der Waals surface area contributed by atoms with Crippen molar-refractivity contribution in [2.45, 2.75) is 0 Å². The van der Waals surface area contributed by atoms with Gasteiger partial charge in [0.15, 0.2) is 0 Å². The maximum atomic E-state index is 13.6. The summed E-state index contributed by atoms with van der Waals surface area (Å²) in [5.74, 6) is -1.37. The Hall–Kier alpha value is -1.99. The van der Waals surface area contributed by atoms with E-state index in [-0.39, 0.29) is 22.0 Å². The number of nitrogens with one attached hydrogen (secondary N) is 1. The van der Waals surface area contributed by atoms with Crippen molar-refractivity contribution in [3.63, 3.8) is 0 Å².